The summed E-state index contributed by atoms with van der Waals surface area (Å²) in [7, 11) is -2.44. The molecule has 0 bridgehead atoms. The van der Waals surface area contributed by atoms with Gasteiger partial charge in [-0.1, -0.05) is 174 Å². The van der Waals surface area contributed by atoms with E-state index in [0.29, 0.717) is 25.1 Å². The van der Waals surface area contributed by atoms with Gasteiger partial charge in [0.1, 0.15) is 18.1 Å². The van der Waals surface area contributed by atoms with Crippen LogP contribution < -0.4 is 5.32 Å². The quantitative estimate of drug-likeness (QED) is 0.0121. The van der Waals surface area contributed by atoms with Crippen LogP contribution in [0.25, 0.3) is 10.4 Å². The van der Waals surface area contributed by atoms with E-state index in [1.54, 1.807) is 0 Å². The van der Waals surface area contributed by atoms with Crippen LogP contribution >= 0.6 is 21.6 Å². The minimum absolute atomic E-state index is 0. The predicted octanol–water partition coefficient (Wildman–Crippen LogP) is 18.4. The number of nitrogens with zero attached hydrogens (tertiary/aromatic N) is 3. The first kappa shape index (κ1) is 76.2. The third kappa shape index (κ3) is 30.6. The molecule has 1 N–H and O–H groups in total. The Labute approximate surface area is 589 Å². The Morgan fingerprint density at radius 3 is 1.68 bits per heavy atom. The average Bonchev–Trinajstić information content (AvgIpc) is 0.794. The predicted molar refractivity (Wildman–Crippen MR) is 422 cm³/mol. The molecule has 0 spiro atoms. The molecule has 2 aromatic carbocycles. The molecule has 2 aromatic rings. The number of carbonyl (C=O) groups excluding carboxylic acids is 1. The number of azide groups is 1. The van der Waals surface area contributed by atoms with Gasteiger partial charge in [-0.3, -0.25) is 4.79 Å². The molecule has 1 saturated heterocycles. The zero-order chi connectivity index (χ0) is 66.1. The van der Waals surface area contributed by atoms with Gasteiger partial charge in [-0.2, -0.15) is 0 Å². The van der Waals surface area contributed by atoms with Gasteiger partial charge in [0.25, 0.3) is 0 Å². The van der Waals surface area contributed by atoms with E-state index in [0.717, 1.165) is 17.5 Å². The lowest BCUT2D eigenvalue weighted by molar-refractivity contribution is -0.309. The minimum Gasteiger partial charge on any atom is -0.409 e. The molecule has 2 unspecified atom stereocenters. The lowest BCUT2D eigenvalue weighted by Crippen LogP contribution is -2.62. The molecule has 1 aliphatic carbocycles. The minimum atomic E-state index is -2.69. The molecule has 1 aliphatic heterocycles. The van der Waals surface area contributed by atoms with E-state index in [9.17, 15) is 4.79 Å². The van der Waals surface area contributed by atoms with Crippen molar-refractivity contribution in [2.75, 3.05) is 38.2 Å². The molecule has 91 heavy (non-hydrogen) atoms. The van der Waals surface area contributed by atoms with Crippen molar-refractivity contribution in [1.82, 2.24) is 5.32 Å². The van der Waals surface area contributed by atoms with Crippen LogP contribution in [-0.2, 0) is 55.3 Å². The highest BCUT2D eigenvalue weighted by atomic mass is 33.1. The molecule has 1 saturated carbocycles. The normalized spacial score (nSPS) is 17.6. The maximum Gasteiger partial charge on any atom is 0.232 e. The molecule has 2 fully saturated rings. The van der Waals surface area contributed by atoms with Crippen molar-refractivity contribution in [3.8, 4) is 143 Å². The zero-order valence-electron chi connectivity index (χ0n) is 54.5. The van der Waals surface area contributed by atoms with Crippen molar-refractivity contribution in [2.45, 2.75) is 186 Å². The van der Waals surface area contributed by atoms with Gasteiger partial charge < -0.3 is 42.6 Å². The van der Waals surface area contributed by atoms with Crippen molar-refractivity contribution in [3.05, 3.63) is 82.2 Å². The Morgan fingerprint density at radius 1 is 0.681 bits per heavy atom. The van der Waals surface area contributed by atoms with Crippen LogP contribution in [0, 0.1) is 154 Å². The molecule has 4 rings (SSSR count). The molecule has 1 amide bonds. The Bertz CT molecular complexity index is 3580. The van der Waals surface area contributed by atoms with Crippen molar-refractivity contribution in [2.24, 2.45) is 17.0 Å². The molecule has 17 heteroatoms. The molecule has 2 aliphatic rings. The third-order valence-electron chi connectivity index (χ3n) is 15.6. The van der Waals surface area contributed by atoms with Gasteiger partial charge in [-0.15, -0.1) is 6.42 Å². The summed E-state index contributed by atoms with van der Waals surface area (Å²) in [5.41, 5.74) is 10.8. The Kier molecular flexibility index (Phi) is 35.8. The first-order chi connectivity index (χ1) is 43.8. The summed E-state index contributed by atoms with van der Waals surface area (Å²) in [6.45, 7) is 25.7. The highest BCUT2D eigenvalue weighted by Gasteiger charge is 2.50. The Hall–Kier alpha value is -7.25. The number of carbonyl (C=O) groups is 1. The average molecular weight is 1340 g/mol. The van der Waals surface area contributed by atoms with Crippen LogP contribution in [0.1, 0.15) is 139 Å². The molecule has 0 radical (unpaired) electrons. The number of hydrogen-bond acceptors (Lipinski definition) is 12. The molecule has 0 aromatic heterocycles. The van der Waals surface area contributed by atoms with Crippen LogP contribution in [0.2, 0.25) is 36.3 Å². The second kappa shape index (κ2) is 42.7. The van der Waals surface area contributed by atoms with Gasteiger partial charge in [0.05, 0.1) is 69.7 Å². The number of rotatable bonds is 29. The zero-order valence-corrected chi connectivity index (χ0v) is 58.1. The van der Waals surface area contributed by atoms with Crippen molar-refractivity contribution in [1.29, 1.82) is 0 Å². The second-order valence-corrected chi connectivity index (χ2v) is 36.2. The fourth-order valence-electron chi connectivity index (χ4n) is 8.79. The number of ether oxygens (including phenoxy) is 6. The Morgan fingerprint density at radius 2 is 1.18 bits per heavy atom. The monoisotopic (exact) mass is 1340 g/mol. The largest absolute Gasteiger partial charge is 0.409 e. The van der Waals surface area contributed by atoms with Gasteiger partial charge in [-0.05, 0) is 160 Å². The second-order valence-electron chi connectivity index (χ2n) is 24.3. The van der Waals surface area contributed by atoms with Gasteiger partial charge >= 0.3 is 0 Å². The number of terminal acetylenes is 1. The van der Waals surface area contributed by atoms with E-state index in [2.05, 4.69) is 226 Å². The maximum absolute atomic E-state index is 14.5. The van der Waals surface area contributed by atoms with Crippen LogP contribution in [0.15, 0.2) is 65.8 Å². The standard InChI is InChI=1S/C74H84N4O9S2Si2.24H2/c1-13-14-15-16-17-18-19-20-21-22-23-24-25-26-27-28-29-30-31-32-33-34-44-51-68(79)77-65(71(87-91(11,12)74(6,7)8)67(86-90(9,10)73(3,4)5)58-80-53-52-62-45-38-35-39-46-62)56-84-72-70(83-55-64-49-42-37-43-50-64)61(2)69(82-54-63-47-40-36-41-48-63)66(85-72)57-81-60-89-88-59-76-78-75;;;;;;;;;;;;;;;;;;;;;;;;/h1,36-37,40-43,47-50,61-62,65-67,69-72H,35,38-39,45-46,51-60H2,2-12H3,(H,77,79);24*1H/t61-,65-,66?,67+,69+,70?,71-,72-;;;;;;;;;;;;;;;;;;;;;;;;/m0......................../s1. The maximum atomic E-state index is 14.5. The van der Waals surface area contributed by atoms with Gasteiger partial charge in [-0.25, -0.2) is 0 Å². The van der Waals surface area contributed by atoms with E-state index in [4.69, 9.17) is 49.2 Å². The third-order valence-corrected chi connectivity index (χ3v) is 26.3. The number of hydrogen-bond donors (Lipinski definition) is 1. The van der Waals surface area contributed by atoms with E-state index in [1.807, 2.05) is 60.7 Å². The highest BCUT2D eigenvalue weighted by Crippen LogP contribution is 2.42. The number of amides is 1. The van der Waals surface area contributed by atoms with Crippen LogP contribution in [0.5, 0.6) is 0 Å². The summed E-state index contributed by atoms with van der Waals surface area (Å²) < 4.78 is 55.9. The Balaban J connectivity index is -0.000000194. The summed E-state index contributed by atoms with van der Waals surface area (Å²) in [4.78, 5) is 17.4. The summed E-state index contributed by atoms with van der Waals surface area (Å²) >= 11 is 0. The summed E-state index contributed by atoms with van der Waals surface area (Å²) in [6, 6.07) is 19.1. The van der Waals surface area contributed by atoms with Gasteiger partial charge in [0.2, 0.25) is 5.91 Å². The van der Waals surface area contributed by atoms with Crippen LogP contribution in [0.3, 0.4) is 0 Å². The smallest absolute Gasteiger partial charge is 0.232 e. The van der Waals surface area contributed by atoms with E-state index in [-0.39, 0.29) is 94.9 Å². The lowest BCUT2D eigenvalue weighted by Gasteiger charge is -2.48. The fraction of sp³-hybridized carbons (Fsp3) is 0.500. The number of benzene rings is 2. The van der Waals surface area contributed by atoms with E-state index in [1.165, 1.54) is 53.7 Å². The van der Waals surface area contributed by atoms with Crippen molar-refractivity contribution < 1.29 is 76.3 Å². The van der Waals surface area contributed by atoms with Crippen molar-refractivity contribution >= 4 is 44.1 Å². The van der Waals surface area contributed by atoms with Crippen LogP contribution in [-0.4, -0.2) is 104 Å². The van der Waals surface area contributed by atoms with Crippen molar-refractivity contribution in [3.63, 3.8) is 0 Å². The highest BCUT2D eigenvalue weighted by molar-refractivity contribution is 8.76. The first-order valence-corrected chi connectivity index (χ1v) is 38.6. The molecular formula is C74H132N4O9S2Si2. The summed E-state index contributed by atoms with van der Waals surface area (Å²) in [5.74, 6) is 59.3. The fourth-order valence-corrected chi connectivity index (χ4v) is 12.6. The SMILES string of the molecule is C#CC#CC#CC#CC#CC#CC#CC#CC#CC#CC#CC#CCC(=O)N[C@@H](CO[C@H]1OC(COCSSCN=[N+]=[N-])[C@H](OCc2ccccc2)[C@H](C)C1OCc1ccccc1)[C@H](O[Si](C)(C)C(C)(C)C)[C@@H](COCCC1CCCCC1)O[Si](C)(C)C(C)(C)C.[HH].[HH].[HH].[HH].[HH].[HH].[HH].[HH].[HH].[HH].[HH].[HH].[HH].[HH].[HH].[HH].[HH].[HH].[HH].[HH].[HH].[HH].[HH].[HH]. The van der Waals surface area contributed by atoms with Gasteiger partial charge in [0.15, 0.2) is 22.9 Å². The molecule has 13 nitrogen and oxygen atoms in total. The number of nitrogens with one attached hydrogen (secondary N) is 1. The summed E-state index contributed by atoms with van der Waals surface area (Å²) in [5, 5.41) is 6.53. The topological polar surface area (TPSA) is 152 Å². The van der Waals surface area contributed by atoms with Gasteiger partial charge in [0, 0.05) is 87.2 Å². The molecule has 8 atom stereocenters. The first-order valence-electron chi connectivity index (χ1n) is 30.3. The molecular weight excluding hydrogens is 1210 g/mol. The van der Waals surface area contributed by atoms with E-state index >= 15 is 0 Å². The van der Waals surface area contributed by atoms with E-state index < -0.39 is 59.5 Å². The summed E-state index contributed by atoms with van der Waals surface area (Å²) in [6.07, 6.45) is 7.83. The molecule has 1 heterocycles. The van der Waals surface area contributed by atoms with Crippen LogP contribution in [0.4, 0.5) is 0 Å². The lowest BCUT2D eigenvalue weighted by atomic mass is 9.87. The molecule has 522 valence electrons.